The molecule has 1 unspecified atom stereocenters. The van der Waals surface area contributed by atoms with Gasteiger partial charge < -0.3 is 15.0 Å². The van der Waals surface area contributed by atoms with E-state index in [9.17, 15) is 0 Å². The van der Waals surface area contributed by atoms with Crippen LogP contribution in [-0.2, 0) is 4.74 Å². The van der Waals surface area contributed by atoms with Gasteiger partial charge in [-0.2, -0.15) is 0 Å². The lowest BCUT2D eigenvalue weighted by atomic mass is 10.1. The number of nitrogens with one attached hydrogen (secondary N) is 1. The number of thiophene rings is 1. The summed E-state index contributed by atoms with van der Waals surface area (Å²) in [7, 11) is 3.96. The van der Waals surface area contributed by atoms with Crippen LogP contribution in [0.3, 0.4) is 0 Å². The quantitative estimate of drug-likeness (QED) is 0.817. The van der Waals surface area contributed by atoms with Gasteiger partial charge in [-0.3, -0.25) is 4.90 Å². The van der Waals surface area contributed by atoms with Crippen molar-refractivity contribution in [3.63, 3.8) is 0 Å². The number of aliphatic imine (C=N–C) groups is 1. The molecule has 0 radical (unpaired) electrons. The number of rotatable bonds is 3. The van der Waals surface area contributed by atoms with Crippen LogP contribution in [0.25, 0.3) is 0 Å². The van der Waals surface area contributed by atoms with Crippen LogP contribution in [0.5, 0.6) is 0 Å². The number of hydrogen-bond acceptors (Lipinski definition) is 6. The first kappa shape index (κ1) is 18.7. The molecule has 1 aromatic heterocycles. The number of likely N-dealkylation sites (N-methyl/N-ethyl adjacent to an activating group) is 1. The van der Waals surface area contributed by atoms with Gasteiger partial charge in [-0.15, -0.1) is 11.3 Å². The number of methoxy groups -OCH3 is 1. The van der Waals surface area contributed by atoms with Crippen LogP contribution in [0.4, 0.5) is 16.4 Å². The summed E-state index contributed by atoms with van der Waals surface area (Å²) in [4.78, 5) is 11.2. The summed E-state index contributed by atoms with van der Waals surface area (Å²) in [5.41, 5.74) is 3.08. The van der Waals surface area contributed by atoms with Crippen LogP contribution in [0, 0.1) is 6.92 Å². The van der Waals surface area contributed by atoms with E-state index in [1.165, 1.54) is 10.4 Å². The van der Waals surface area contributed by atoms with Crippen molar-refractivity contribution in [3.8, 4) is 0 Å². The fourth-order valence-corrected chi connectivity index (χ4v) is 4.80. The summed E-state index contributed by atoms with van der Waals surface area (Å²) in [5, 5.41) is 5.42. The Morgan fingerprint density at radius 3 is 3.00 bits per heavy atom. The summed E-state index contributed by atoms with van der Waals surface area (Å²) in [5.74, 6) is 1.04. The van der Waals surface area contributed by atoms with Gasteiger partial charge in [0.1, 0.15) is 10.8 Å². The first-order chi connectivity index (χ1) is 13.0. The lowest BCUT2D eigenvalue weighted by Gasteiger charge is -2.40. The maximum absolute atomic E-state index is 6.24. The minimum atomic E-state index is 0.458. The van der Waals surface area contributed by atoms with E-state index in [0.717, 1.165) is 54.9 Å². The van der Waals surface area contributed by atoms with Gasteiger partial charge in [-0.1, -0.05) is 11.6 Å². The summed E-state index contributed by atoms with van der Waals surface area (Å²) in [6, 6.07) is 8.55. The molecular weight excluding hydrogens is 380 g/mol. The number of fused-ring (bicyclic) bond motifs is 2. The van der Waals surface area contributed by atoms with Crippen LogP contribution in [-0.4, -0.2) is 62.1 Å². The molecule has 0 spiro atoms. The molecular formula is C20H25ClN4OS. The number of hydrogen-bond donors (Lipinski definition) is 1. The Morgan fingerprint density at radius 2 is 2.19 bits per heavy atom. The molecule has 0 saturated carbocycles. The average Bonchev–Trinajstić information content (AvgIpc) is 2.94. The molecule has 27 heavy (non-hydrogen) atoms. The van der Waals surface area contributed by atoms with E-state index in [1.807, 2.05) is 18.2 Å². The summed E-state index contributed by atoms with van der Waals surface area (Å²) in [6.45, 7) is 5.85. The molecule has 0 aliphatic carbocycles. The van der Waals surface area contributed by atoms with Crippen molar-refractivity contribution in [2.75, 3.05) is 45.7 Å². The third-order valence-electron chi connectivity index (χ3n) is 5.26. The van der Waals surface area contributed by atoms with E-state index >= 15 is 0 Å². The van der Waals surface area contributed by atoms with Gasteiger partial charge in [0, 0.05) is 49.3 Å². The fourth-order valence-electron chi connectivity index (χ4n) is 3.72. The van der Waals surface area contributed by atoms with Crippen LogP contribution < -0.4 is 5.32 Å². The zero-order valence-electron chi connectivity index (χ0n) is 16.0. The highest BCUT2D eigenvalue weighted by atomic mass is 35.5. The highest BCUT2D eigenvalue weighted by Crippen LogP contribution is 2.40. The van der Waals surface area contributed by atoms with Gasteiger partial charge in [-0.05, 0) is 44.7 Å². The number of halogens is 1. The largest absolute Gasteiger partial charge is 0.385 e. The number of ether oxygens (including phenoxy) is 1. The summed E-state index contributed by atoms with van der Waals surface area (Å²) in [6.07, 6.45) is 1.02. The number of benzene rings is 1. The van der Waals surface area contributed by atoms with E-state index < -0.39 is 0 Å². The maximum atomic E-state index is 6.24. The molecule has 2 aromatic rings. The lowest BCUT2D eigenvalue weighted by molar-refractivity contribution is 0.100. The zero-order chi connectivity index (χ0) is 19.0. The van der Waals surface area contributed by atoms with Crippen molar-refractivity contribution in [1.82, 2.24) is 9.80 Å². The van der Waals surface area contributed by atoms with Crippen molar-refractivity contribution in [2.24, 2.45) is 4.99 Å². The SMILES string of the molecule is COCCC1CN(C2=Nc3cc(Cl)ccc3Nc3sc(C)cc32)CCN1C. The molecule has 4 rings (SSSR count). The van der Waals surface area contributed by atoms with Gasteiger partial charge in [0.2, 0.25) is 0 Å². The second kappa shape index (κ2) is 7.80. The number of amidine groups is 1. The fraction of sp³-hybridized carbons (Fsp3) is 0.450. The van der Waals surface area contributed by atoms with E-state index in [2.05, 4.69) is 35.2 Å². The predicted molar refractivity (Wildman–Crippen MR) is 114 cm³/mol. The van der Waals surface area contributed by atoms with E-state index in [1.54, 1.807) is 18.4 Å². The van der Waals surface area contributed by atoms with Crippen molar-refractivity contribution in [1.29, 1.82) is 0 Å². The van der Waals surface area contributed by atoms with Gasteiger partial charge in [-0.25, -0.2) is 4.99 Å². The van der Waals surface area contributed by atoms with Crippen LogP contribution in [0.1, 0.15) is 16.9 Å². The molecule has 2 aliphatic rings. The Balaban J connectivity index is 1.72. The monoisotopic (exact) mass is 404 g/mol. The molecule has 1 fully saturated rings. The van der Waals surface area contributed by atoms with E-state index in [-0.39, 0.29) is 0 Å². The molecule has 1 aromatic carbocycles. The van der Waals surface area contributed by atoms with Crippen molar-refractivity contribution >= 4 is 45.1 Å². The van der Waals surface area contributed by atoms with Crippen molar-refractivity contribution in [2.45, 2.75) is 19.4 Å². The smallest absolute Gasteiger partial charge is 0.139 e. The number of anilines is 2. The molecule has 1 N–H and O–H groups in total. The van der Waals surface area contributed by atoms with Crippen LogP contribution in [0.2, 0.25) is 5.02 Å². The van der Waals surface area contributed by atoms with Gasteiger partial charge >= 0.3 is 0 Å². The highest BCUT2D eigenvalue weighted by Gasteiger charge is 2.29. The Kier molecular flexibility index (Phi) is 5.41. The molecule has 0 amide bonds. The average molecular weight is 405 g/mol. The van der Waals surface area contributed by atoms with Crippen molar-refractivity contribution in [3.05, 3.63) is 39.7 Å². The second-order valence-corrected chi connectivity index (χ2v) is 8.88. The van der Waals surface area contributed by atoms with E-state index in [4.69, 9.17) is 21.3 Å². The third-order valence-corrected chi connectivity index (χ3v) is 6.46. The van der Waals surface area contributed by atoms with Crippen LogP contribution in [0.15, 0.2) is 29.3 Å². The minimum absolute atomic E-state index is 0.458. The Bertz CT molecular complexity index is 866. The summed E-state index contributed by atoms with van der Waals surface area (Å²) < 4.78 is 5.31. The molecule has 0 bridgehead atoms. The first-order valence-corrected chi connectivity index (χ1v) is 10.4. The Labute approximate surface area is 169 Å². The Hall–Kier alpha value is -1.60. The molecule has 7 heteroatoms. The molecule has 1 atom stereocenters. The number of aryl methyl sites for hydroxylation is 1. The highest BCUT2D eigenvalue weighted by molar-refractivity contribution is 7.16. The molecule has 1 saturated heterocycles. The van der Waals surface area contributed by atoms with Crippen LogP contribution >= 0.6 is 22.9 Å². The normalized spacial score (nSPS) is 19.8. The lowest BCUT2D eigenvalue weighted by Crippen LogP contribution is -2.53. The standard InChI is InChI=1S/C20H25ClN4OS/c1-13-10-16-19(25-8-7-24(2)15(12-25)6-9-26-3)22-18-11-14(21)4-5-17(18)23-20(16)27-13/h4-5,10-11,15,23H,6-9,12H2,1-3H3. The maximum Gasteiger partial charge on any atom is 0.139 e. The number of nitrogens with zero attached hydrogens (tertiary/aromatic N) is 3. The van der Waals surface area contributed by atoms with Crippen molar-refractivity contribution < 1.29 is 4.74 Å². The molecule has 2 aliphatic heterocycles. The minimum Gasteiger partial charge on any atom is -0.385 e. The second-order valence-electron chi connectivity index (χ2n) is 7.18. The predicted octanol–water partition coefficient (Wildman–Crippen LogP) is 4.50. The molecule has 3 heterocycles. The molecule has 5 nitrogen and oxygen atoms in total. The van der Waals surface area contributed by atoms with E-state index in [0.29, 0.717) is 11.1 Å². The molecule has 144 valence electrons. The topological polar surface area (TPSA) is 40.1 Å². The van der Waals surface area contributed by atoms with Gasteiger partial charge in [0.05, 0.1) is 16.9 Å². The van der Waals surface area contributed by atoms with Gasteiger partial charge in [0.25, 0.3) is 0 Å². The Morgan fingerprint density at radius 1 is 1.33 bits per heavy atom. The zero-order valence-corrected chi connectivity index (χ0v) is 17.5. The third kappa shape index (κ3) is 3.85. The summed E-state index contributed by atoms with van der Waals surface area (Å²) >= 11 is 8.02. The number of piperazine rings is 1. The first-order valence-electron chi connectivity index (χ1n) is 9.25. The van der Waals surface area contributed by atoms with Gasteiger partial charge in [0.15, 0.2) is 0 Å².